The Labute approximate surface area is 102 Å². The molecule has 12 nitrogen and oxygen atoms in total. The summed E-state index contributed by atoms with van der Waals surface area (Å²) in [7, 11) is -12.5. The largest absolute Gasteiger partial charge is 0.567 e. The zero-order chi connectivity index (χ0) is 14.3. The molecule has 0 saturated heterocycles. The highest BCUT2D eigenvalue weighted by molar-refractivity contribution is 7.29. The van der Waals surface area contributed by atoms with Gasteiger partial charge >= 0.3 is 33.0 Å². The second-order valence-electron chi connectivity index (χ2n) is 0.951. The SMILES string of the molecule is O=[P+]([O-])O.O=[P+]([O-])O.O=[P+]([O-])O.O=[P+]([O-])O.[Si]. The van der Waals surface area contributed by atoms with E-state index < -0.39 is 33.0 Å². The molecule has 0 spiro atoms. The Balaban J connectivity index is -0.0000000369. The molecule has 0 amide bonds. The predicted molar refractivity (Wildman–Crippen MR) is 45.1 cm³/mol. The molecule has 0 aliphatic rings. The van der Waals surface area contributed by atoms with Gasteiger partial charge in [0.1, 0.15) is 0 Å². The molecule has 0 heterocycles. The van der Waals surface area contributed by atoms with Crippen molar-refractivity contribution in [1.29, 1.82) is 0 Å². The van der Waals surface area contributed by atoms with Crippen LogP contribution in [0.1, 0.15) is 0 Å². The van der Waals surface area contributed by atoms with Crippen LogP contribution in [0.3, 0.4) is 0 Å². The Morgan fingerprint density at radius 1 is 0.529 bits per heavy atom. The lowest BCUT2D eigenvalue weighted by molar-refractivity contribution is -0.181. The molecule has 0 rings (SSSR count). The molecule has 0 aliphatic heterocycles. The van der Waals surface area contributed by atoms with Gasteiger partial charge in [-0.2, -0.15) is 19.6 Å². The molecule has 17 heavy (non-hydrogen) atoms. The van der Waals surface area contributed by atoms with Crippen LogP contribution in [0.2, 0.25) is 0 Å². The van der Waals surface area contributed by atoms with Crippen LogP contribution in [0.4, 0.5) is 0 Å². The normalized spacial score (nSPS) is 10.4. The second kappa shape index (κ2) is 25.2. The van der Waals surface area contributed by atoms with Crippen molar-refractivity contribution in [2.75, 3.05) is 0 Å². The summed E-state index contributed by atoms with van der Waals surface area (Å²) in [6, 6.07) is 0. The molecular weight excluding hydrogens is 344 g/mol. The van der Waals surface area contributed by atoms with Crippen molar-refractivity contribution in [1.82, 2.24) is 0 Å². The Hall–Kier alpha value is 0.297. The van der Waals surface area contributed by atoms with Gasteiger partial charge in [0.15, 0.2) is 0 Å². The summed E-state index contributed by atoms with van der Waals surface area (Å²) in [4.78, 5) is 62.4. The van der Waals surface area contributed by atoms with Crippen molar-refractivity contribution in [3.63, 3.8) is 0 Å². The van der Waals surface area contributed by atoms with E-state index >= 15 is 0 Å². The maximum Gasteiger partial charge on any atom is 0.485 e. The molecule has 0 saturated carbocycles. The third-order valence-corrected chi connectivity index (χ3v) is 0. The first kappa shape index (κ1) is 30.4. The van der Waals surface area contributed by atoms with Crippen molar-refractivity contribution < 1.29 is 57.4 Å². The Morgan fingerprint density at radius 3 is 0.529 bits per heavy atom. The van der Waals surface area contributed by atoms with Gasteiger partial charge in [0.2, 0.25) is 0 Å². The van der Waals surface area contributed by atoms with Crippen LogP contribution >= 0.6 is 33.0 Å². The first-order valence-electron chi connectivity index (χ1n) is 2.26. The summed E-state index contributed by atoms with van der Waals surface area (Å²) in [6.07, 6.45) is 0. The fraction of sp³-hybridized carbons (Fsp3) is 0. The van der Waals surface area contributed by atoms with Crippen molar-refractivity contribution in [2.24, 2.45) is 0 Å². The fourth-order valence-corrected chi connectivity index (χ4v) is 0. The fourth-order valence-electron chi connectivity index (χ4n) is 0. The van der Waals surface area contributed by atoms with Gasteiger partial charge in [-0.1, -0.05) is 0 Å². The Bertz CT molecular complexity index is 159. The van der Waals surface area contributed by atoms with Crippen molar-refractivity contribution in [3.05, 3.63) is 0 Å². The molecular formula is H4O12P4Si. The maximum absolute atomic E-state index is 8.59. The average molecular weight is 348 g/mol. The minimum Gasteiger partial charge on any atom is -0.567 e. The third-order valence-electron chi connectivity index (χ3n) is 0. The van der Waals surface area contributed by atoms with Gasteiger partial charge in [-0.05, 0) is 18.3 Å². The molecule has 4 radical (unpaired) electrons. The van der Waals surface area contributed by atoms with Gasteiger partial charge in [-0.25, -0.2) is 0 Å². The van der Waals surface area contributed by atoms with E-state index in [-0.39, 0.29) is 11.0 Å². The van der Waals surface area contributed by atoms with Gasteiger partial charge < -0.3 is 19.6 Å². The lowest BCUT2D eigenvalue weighted by Gasteiger charge is -1.56. The third kappa shape index (κ3) is 37800. The molecule has 4 N–H and O–H groups in total. The average Bonchev–Trinajstić information content (AvgIpc) is 1.76. The maximum atomic E-state index is 8.59. The van der Waals surface area contributed by atoms with Gasteiger partial charge in [0.25, 0.3) is 0 Å². The minimum atomic E-state index is -3.12. The molecule has 0 aromatic rings. The number of hydrogen-bond donors (Lipinski definition) is 4. The summed E-state index contributed by atoms with van der Waals surface area (Å²) in [5.74, 6) is 0. The highest BCUT2D eigenvalue weighted by Gasteiger charge is 1.74. The van der Waals surface area contributed by atoms with E-state index in [1.54, 1.807) is 0 Å². The second-order valence-corrected chi connectivity index (χ2v) is 2.85. The van der Waals surface area contributed by atoms with Crippen LogP contribution in [0.25, 0.3) is 0 Å². The van der Waals surface area contributed by atoms with Crippen molar-refractivity contribution in [2.45, 2.75) is 0 Å². The first-order valence-corrected chi connectivity index (χ1v) is 6.78. The predicted octanol–water partition coefficient (Wildman–Crippen LogP) is -4.40. The van der Waals surface area contributed by atoms with Crippen LogP contribution in [-0.4, -0.2) is 30.5 Å². The standard InChI is InChI=1S/4HO3P.Si/c4*1-4(2)3;/h4*(H,1,2,3);. The highest BCUT2D eigenvalue weighted by Crippen LogP contribution is 1.90. The summed E-state index contributed by atoms with van der Waals surface area (Å²) < 4.78 is 34.4. The molecule has 17 heteroatoms. The Morgan fingerprint density at radius 2 is 0.529 bits per heavy atom. The van der Waals surface area contributed by atoms with E-state index in [2.05, 4.69) is 0 Å². The summed E-state index contributed by atoms with van der Waals surface area (Å²) in [5, 5.41) is 0. The highest BCUT2D eigenvalue weighted by atomic mass is 31.1. The summed E-state index contributed by atoms with van der Waals surface area (Å²) in [6.45, 7) is 0. The monoisotopic (exact) mass is 348 g/mol. The van der Waals surface area contributed by atoms with E-state index in [1.165, 1.54) is 0 Å². The van der Waals surface area contributed by atoms with Crippen LogP contribution in [0.5, 0.6) is 0 Å². The molecule has 4 atom stereocenters. The molecule has 0 fully saturated rings. The molecule has 4 unspecified atom stereocenters. The van der Waals surface area contributed by atoms with Crippen LogP contribution < -0.4 is 19.6 Å². The summed E-state index contributed by atoms with van der Waals surface area (Å²) in [5.41, 5.74) is 0. The summed E-state index contributed by atoms with van der Waals surface area (Å²) >= 11 is 0. The van der Waals surface area contributed by atoms with Crippen molar-refractivity contribution >= 4 is 44.0 Å². The molecule has 0 aliphatic carbocycles. The van der Waals surface area contributed by atoms with Gasteiger partial charge in [0.05, 0.1) is 0 Å². The van der Waals surface area contributed by atoms with Gasteiger partial charge in [0, 0.05) is 11.0 Å². The molecule has 0 bridgehead atoms. The van der Waals surface area contributed by atoms with Gasteiger partial charge in [-0.15, -0.1) is 0 Å². The smallest absolute Gasteiger partial charge is 0.485 e. The quantitative estimate of drug-likeness (QED) is 0.239. The lowest BCUT2D eigenvalue weighted by Crippen LogP contribution is -1.78. The lowest BCUT2D eigenvalue weighted by atomic mass is 15.8. The molecule has 100 valence electrons. The first-order chi connectivity index (χ1) is 6.93. The van der Waals surface area contributed by atoms with E-state index in [0.29, 0.717) is 0 Å². The van der Waals surface area contributed by atoms with Crippen molar-refractivity contribution in [3.8, 4) is 0 Å². The van der Waals surface area contributed by atoms with E-state index in [4.69, 9.17) is 57.4 Å². The van der Waals surface area contributed by atoms with E-state index in [1.807, 2.05) is 0 Å². The topological polar surface area (TPSA) is 241 Å². The number of hydrogen-bond acceptors (Lipinski definition) is 8. The minimum absolute atomic E-state index is 0. The molecule has 0 aromatic carbocycles. The number of rotatable bonds is 0. The van der Waals surface area contributed by atoms with E-state index in [9.17, 15) is 0 Å². The van der Waals surface area contributed by atoms with Crippen LogP contribution in [0.15, 0.2) is 0 Å². The zero-order valence-corrected chi connectivity index (χ0v) is 11.9. The van der Waals surface area contributed by atoms with Gasteiger partial charge in [-0.3, -0.25) is 0 Å². The Kier molecular flexibility index (Phi) is 45.1. The zero-order valence-electron chi connectivity index (χ0n) is 7.34. The molecule has 0 aromatic heterocycles. The van der Waals surface area contributed by atoms with Crippen LogP contribution in [0, 0.1) is 0 Å². The van der Waals surface area contributed by atoms with Crippen LogP contribution in [-0.2, 0) is 18.3 Å². The van der Waals surface area contributed by atoms with E-state index in [0.717, 1.165) is 0 Å².